The lowest BCUT2D eigenvalue weighted by Crippen LogP contribution is -2.47. The first kappa shape index (κ1) is 20.4. The van der Waals surface area contributed by atoms with Gasteiger partial charge in [0.15, 0.2) is 0 Å². The van der Waals surface area contributed by atoms with Crippen molar-refractivity contribution in [2.24, 2.45) is 5.73 Å². The fourth-order valence-electron chi connectivity index (χ4n) is 2.81. The summed E-state index contributed by atoms with van der Waals surface area (Å²) in [7, 11) is 0. The number of nitrogens with two attached hydrogens (primary N) is 1. The molecule has 3 rings (SSSR count). The number of amides is 2. The first-order valence-electron chi connectivity index (χ1n) is 8.49. The van der Waals surface area contributed by atoms with Crippen molar-refractivity contribution in [2.45, 2.75) is 12.5 Å². The first-order chi connectivity index (χ1) is 12.7. The van der Waals surface area contributed by atoms with E-state index in [1.54, 1.807) is 0 Å². The zero-order chi connectivity index (χ0) is 18.4. The molecule has 3 aromatic rings. The quantitative estimate of drug-likeness (QED) is 0.612. The molecule has 5 nitrogen and oxygen atoms in total. The summed E-state index contributed by atoms with van der Waals surface area (Å²) in [6, 6.07) is 22.5. The highest BCUT2D eigenvalue weighted by Crippen LogP contribution is 2.19. The summed E-state index contributed by atoms with van der Waals surface area (Å²) in [5, 5.41) is 7.72. The van der Waals surface area contributed by atoms with E-state index in [-0.39, 0.29) is 30.8 Å². The fraction of sp³-hybridized carbons (Fsp3) is 0.143. The zero-order valence-corrected chi connectivity index (χ0v) is 15.5. The van der Waals surface area contributed by atoms with Crippen LogP contribution >= 0.6 is 12.4 Å². The summed E-state index contributed by atoms with van der Waals surface area (Å²) in [5.74, 6) is -0.634. The van der Waals surface area contributed by atoms with Gasteiger partial charge in [-0.3, -0.25) is 9.59 Å². The smallest absolute Gasteiger partial charge is 0.247 e. The predicted octanol–water partition coefficient (Wildman–Crippen LogP) is 2.89. The number of carbonyl (C=O) groups excluding carboxylic acids is 2. The molecule has 0 aromatic heterocycles. The Kier molecular flexibility index (Phi) is 7.34. The molecule has 0 aliphatic heterocycles. The van der Waals surface area contributed by atoms with Crippen LogP contribution in [0.15, 0.2) is 72.8 Å². The molecule has 3 aromatic carbocycles. The van der Waals surface area contributed by atoms with E-state index in [0.29, 0.717) is 12.1 Å². The van der Waals surface area contributed by atoms with Crippen molar-refractivity contribution in [1.29, 1.82) is 0 Å². The molecule has 0 heterocycles. The highest BCUT2D eigenvalue weighted by Gasteiger charge is 2.21. The Bertz CT molecular complexity index is 915. The Labute approximate surface area is 164 Å². The van der Waals surface area contributed by atoms with Crippen LogP contribution in [0.5, 0.6) is 0 Å². The Balaban J connectivity index is 0.00000261. The van der Waals surface area contributed by atoms with Crippen LogP contribution in [0.3, 0.4) is 0 Å². The molecule has 0 fully saturated rings. The molecule has 0 bridgehead atoms. The molecule has 1 unspecified atom stereocenters. The molecule has 2 amide bonds. The van der Waals surface area contributed by atoms with E-state index in [1.165, 1.54) is 0 Å². The molecule has 140 valence electrons. The molecule has 0 saturated heterocycles. The van der Waals surface area contributed by atoms with E-state index < -0.39 is 6.04 Å². The van der Waals surface area contributed by atoms with Crippen LogP contribution in [0, 0.1) is 0 Å². The molecule has 1 atom stereocenters. The molecule has 0 spiro atoms. The third-order valence-corrected chi connectivity index (χ3v) is 4.14. The summed E-state index contributed by atoms with van der Waals surface area (Å²) in [6.07, 6.45) is 0.395. The second-order valence-electron chi connectivity index (χ2n) is 6.07. The SMILES string of the molecule is Cl.NCC(=O)NC(Cc1ccccc1)C(=O)Nc1ccc2ccccc2c1. The molecule has 0 saturated carbocycles. The summed E-state index contributed by atoms with van der Waals surface area (Å²) < 4.78 is 0. The molecule has 0 aliphatic carbocycles. The van der Waals surface area contributed by atoms with Gasteiger partial charge in [0.25, 0.3) is 0 Å². The summed E-state index contributed by atoms with van der Waals surface area (Å²) >= 11 is 0. The van der Waals surface area contributed by atoms with Gasteiger partial charge in [-0.05, 0) is 28.5 Å². The Morgan fingerprint density at radius 1 is 0.889 bits per heavy atom. The van der Waals surface area contributed by atoms with Gasteiger partial charge in [0, 0.05) is 12.1 Å². The van der Waals surface area contributed by atoms with Crippen molar-refractivity contribution in [3.05, 3.63) is 78.4 Å². The number of fused-ring (bicyclic) bond motifs is 1. The molecule has 0 radical (unpaired) electrons. The highest BCUT2D eigenvalue weighted by atomic mass is 35.5. The number of anilines is 1. The molecule has 0 aliphatic rings. The van der Waals surface area contributed by atoms with Crippen molar-refractivity contribution >= 4 is 40.7 Å². The number of hydrogen-bond acceptors (Lipinski definition) is 3. The minimum atomic E-state index is -0.695. The number of halogens is 1. The van der Waals surface area contributed by atoms with E-state index in [0.717, 1.165) is 16.3 Å². The first-order valence-corrected chi connectivity index (χ1v) is 8.49. The van der Waals surface area contributed by atoms with Crippen LogP contribution in [0.1, 0.15) is 5.56 Å². The van der Waals surface area contributed by atoms with E-state index in [1.807, 2.05) is 72.8 Å². The number of rotatable bonds is 6. The summed E-state index contributed by atoms with van der Waals surface area (Å²) in [5.41, 5.74) is 7.04. The van der Waals surface area contributed by atoms with Gasteiger partial charge in [-0.2, -0.15) is 0 Å². The molecular formula is C21H22ClN3O2. The maximum Gasteiger partial charge on any atom is 0.247 e. The number of benzene rings is 3. The zero-order valence-electron chi connectivity index (χ0n) is 14.7. The lowest BCUT2D eigenvalue weighted by atomic mass is 10.0. The maximum absolute atomic E-state index is 12.7. The molecule has 4 N–H and O–H groups in total. The van der Waals surface area contributed by atoms with Crippen LogP contribution in [0.25, 0.3) is 10.8 Å². The monoisotopic (exact) mass is 383 g/mol. The second-order valence-corrected chi connectivity index (χ2v) is 6.07. The van der Waals surface area contributed by atoms with Crippen LogP contribution < -0.4 is 16.4 Å². The number of carbonyl (C=O) groups is 2. The minimum Gasteiger partial charge on any atom is -0.343 e. The minimum absolute atomic E-state index is 0. The van der Waals surface area contributed by atoms with E-state index in [9.17, 15) is 9.59 Å². The van der Waals surface area contributed by atoms with Crippen molar-refractivity contribution in [3.8, 4) is 0 Å². The molecule has 27 heavy (non-hydrogen) atoms. The van der Waals surface area contributed by atoms with Gasteiger partial charge >= 0.3 is 0 Å². The largest absolute Gasteiger partial charge is 0.343 e. The standard InChI is InChI=1S/C21H21N3O2.ClH/c22-14-20(25)24-19(12-15-6-2-1-3-7-15)21(26)23-18-11-10-16-8-4-5-9-17(16)13-18;/h1-11,13,19H,12,14,22H2,(H,23,26)(H,24,25);1H. The van der Waals surface area contributed by atoms with Crippen LogP contribution in [0.2, 0.25) is 0 Å². The van der Waals surface area contributed by atoms with E-state index in [4.69, 9.17) is 5.73 Å². The lowest BCUT2D eigenvalue weighted by Gasteiger charge is -2.18. The van der Waals surface area contributed by atoms with Gasteiger partial charge in [0.2, 0.25) is 11.8 Å². The van der Waals surface area contributed by atoms with Gasteiger partial charge in [0.05, 0.1) is 6.54 Å². The van der Waals surface area contributed by atoms with Crippen molar-refractivity contribution in [3.63, 3.8) is 0 Å². The topological polar surface area (TPSA) is 84.2 Å². The van der Waals surface area contributed by atoms with Gasteiger partial charge in [-0.15, -0.1) is 12.4 Å². The van der Waals surface area contributed by atoms with Crippen LogP contribution in [-0.2, 0) is 16.0 Å². The van der Waals surface area contributed by atoms with Crippen LogP contribution in [-0.4, -0.2) is 24.4 Å². The fourth-order valence-corrected chi connectivity index (χ4v) is 2.81. The highest BCUT2D eigenvalue weighted by molar-refractivity contribution is 5.99. The molecule has 6 heteroatoms. The lowest BCUT2D eigenvalue weighted by molar-refractivity contribution is -0.125. The maximum atomic E-state index is 12.7. The Morgan fingerprint density at radius 3 is 2.26 bits per heavy atom. The van der Waals surface area contributed by atoms with Gasteiger partial charge < -0.3 is 16.4 Å². The third kappa shape index (κ3) is 5.54. The summed E-state index contributed by atoms with van der Waals surface area (Å²) in [4.78, 5) is 24.5. The van der Waals surface area contributed by atoms with E-state index in [2.05, 4.69) is 10.6 Å². The Morgan fingerprint density at radius 2 is 1.56 bits per heavy atom. The van der Waals surface area contributed by atoms with Crippen molar-refractivity contribution in [1.82, 2.24) is 5.32 Å². The number of hydrogen-bond donors (Lipinski definition) is 3. The van der Waals surface area contributed by atoms with Gasteiger partial charge in [-0.25, -0.2) is 0 Å². The third-order valence-electron chi connectivity index (χ3n) is 4.14. The molecular weight excluding hydrogens is 362 g/mol. The van der Waals surface area contributed by atoms with Gasteiger partial charge in [-0.1, -0.05) is 60.7 Å². The van der Waals surface area contributed by atoms with Crippen molar-refractivity contribution < 1.29 is 9.59 Å². The second kappa shape index (κ2) is 9.71. The van der Waals surface area contributed by atoms with Crippen LogP contribution in [0.4, 0.5) is 5.69 Å². The number of nitrogens with one attached hydrogen (secondary N) is 2. The Hall–Kier alpha value is -2.89. The summed E-state index contributed by atoms with van der Waals surface area (Å²) in [6.45, 7) is -0.158. The normalized spacial score (nSPS) is 11.3. The van der Waals surface area contributed by atoms with Gasteiger partial charge in [0.1, 0.15) is 6.04 Å². The average molecular weight is 384 g/mol. The predicted molar refractivity (Wildman–Crippen MR) is 111 cm³/mol. The average Bonchev–Trinajstić information content (AvgIpc) is 2.68. The van der Waals surface area contributed by atoms with E-state index >= 15 is 0 Å². The van der Waals surface area contributed by atoms with Crippen molar-refractivity contribution in [2.75, 3.05) is 11.9 Å².